The van der Waals surface area contributed by atoms with Gasteiger partial charge in [0.15, 0.2) is 11.5 Å². The maximum atomic E-state index is 6.56. The Morgan fingerprint density at radius 1 is 1.07 bits per heavy atom. The molecular formula is C23H29Cl3N2O2. The smallest absolute Gasteiger partial charge is 0.180 e. The van der Waals surface area contributed by atoms with Crippen molar-refractivity contribution in [2.75, 3.05) is 26.2 Å². The zero-order valence-electron chi connectivity index (χ0n) is 17.5. The van der Waals surface area contributed by atoms with Crippen LogP contribution in [0.3, 0.4) is 0 Å². The summed E-state index contributed by atoms with van der Waals surface area (Å²) in [5.41, 5.74) is 1.91. The lowest BCUT2D eigenvalue weighted by molar-refractivity contribution is 0.259. The SMILES string of the molecule is CCOc1cc(CNCC2CCCN2CC)cc(Cl)c1OCc1ccc(Cl)cc1Cl. The molecule has 1 aliphatic heterocycles. The van der Waals surface area contributed by atoms with E-state index in [0.717, 1.165) is 30.8 Å². The van der Waals surface area contributed by atoms with Gasteiger partial charge in [0.05, 0.1) is 11.6 Å². The monoisotopic (exact) mass is 470 g/mol. The highest BCUT2D eigenvalue weighted by Crippen LogP contribution is 2.37. The fourth-order valence-electron chi connectivity index (χ4n) is 3.84. The van der Waals surface area contributed by atoms with Gasteiger partial charge in [0.2, 0.25) is 0 Å². The van der Waals surface area contributed by atoms with Crippen molar-refractivity contribution in [1.29, 1.82) is 0 Å². The predicted octanol–water partition coefficient (Wildman–Crippen LogP) is 6.20. The average molecular weight is 472 g/mol. The van der Waals surface area contributed by atoms with Gasteiger partial charge in [0, 0.05) is 34.7 Å². The molecule has 1 atom stereocenters. The summed E-state index contributed by atoms with van der Waals surface area (Å²) in [7, 11) is 0. The molecule has 3 rings (SSSR count). The number of hydrogen-bond donors (Lipinski definition) is 1. The van der Waals surface area contributed by atoms with Crippen LogP contribution in [0, 0.1) is 0 Å². The maximum Gasteiger partial charge on any atom is 0.180 e. The number of ether oxygens (including phenoxy) is 2. The highest BCUT2D eigenvalue weighted by Gasteiger charge is 2.22. The van der Waals surface area contributed by atoms with Gasteiger partial charge in [0.1, 0.15) is 6.61 Å². The summed E-state index contributed by atoms with van der Waals surface area (Å²) in [6, 6.07) is 9.88. The second kappa shape index (κ2) is 11.4. The lowest BCUT2D eigenvalue weighted by atomic mass is 10.1. The van der Waals surface area contributed by atoms with E-state index in [9.17, 15) is 0 Å². The first-order valence-electron chi connectivity index (χ1n) is 10.5. The number of nitrogens with one attached hydrogen (secondary N) is 1. The van der Waals surface area contributed by atoms with E-state index in [4.69, 9.17) is 44.3 Å². The quantitative estimate of drug-likeness (QED) is 0.447. The van der Waals surface area contributed by atoms with Crippen molar-refractivity contribution in [3.05, 3.63) is 56.5 Å². The van der Waals surface area contributed by atoms with Crippen LogP contribution >= 0.6 is 34.8 Å². The molecule has 2 aromatic carbocycles. The molecule has 0 saturated carbocycles. The first-order valence-corrected chi connectivity index (χ1v) is 11.6. The van der Waals surface area contributed by atoms with Gasteiger partial charge in [-0.05, 0) is 62.7 Å². The van der Waals surface area contributed by atoms with Crippen molar-refractivity contribution in [2.24, 2.45) is 0 Å². The fraction of sp³-hybridized carbons (Fsp3) is 0.478. The number of rotatable bonds is 10. The van der Waals surface area contributed by atoms with E-state index >= 15 is 0 Å². The molecule has 0 aliphatic carbocycles. The molecule has 4 nitrogen and oxygen atoms in total. The summed E-state index contributed by atoms with van der Waals surface area (Å²) < 4.78 is 11.8. The Hall–Kier alpha value is -1.17. The van der Waals surface area contributed by atoms with Gasteiger partial charge in [-0.3, -0.25) is 4.90 Å². The average Bonchev–Trinajstić information content (AvgIpc) is 3.16. The van der Waals surface area contributed by atoms with E-state index in [1.165, 1.54) is 19.4 Å². The number of benzene rings is 2. The van der Waals surface area contributed by atoms with E-state index in [2.05, 4.69) is 17.1 Å². The van der Waals surface area contributed by atoms with Gasteiger partial charge >= 0.3 is 0 Å². The van der Waals surface area contributed by atoms with E-state index in [0.29, 0.717) is 39.2 Å². The summed E-state index contributed by atoms with van der Waals surface area (Å²) in [6.45, 7) is 8.99. The third-order valence-corrected chi connectivity index (χ3v) is 6.24. The minimum Gasteiger partial charge on any atom is -0.490 e. The van der Waals surface area contributed by atoms with Crippen molar-refractivity contribution in [3.63, 3.8) is 0 Å². The van der Waals surface area contributed by atoms with Gasteiger partial charge in [-0.25, -0.2) is 0 Å². The van der Waals surface area contributed by atoms with Gasteiger partial charge in [0.25, 0.3) is 0 Å². The number of halogens is 3. The van der Waals surface area contributed by atoms with Crippen LogP contribution in [-0.4, -0.2) is 37.2 Å². The lowest BCUT2D eigenvalue weighted by Crippen LogP contribution is -2.37. The van der Waals surface area contributed by atoms with Crippen LogP contribution in [0.2, 0.25) is 15.1 Å². The van der Waals surface area contributed by atoms with Crippen molar-refractivity contribution < 1.29 is 9.47 Å². The molecule has 1 fully saturated rings. The van der Waals surface area contributed by atoms with Gasteiger partial charge in [-0.15, -0.1) is 0 Å². The molecule has 0 spiro atoms. The Labute approximate surface area is 194 Å². The number of likely N-dealkylation sites (tertiary alicyclic amines) is 1. The molecule has 2 aromatic rings. The molecule has 1 unspecified atom stereocenters. The van der Waals surface area contributed by atoms with E-state index in [1.807, 2.05) is 25.1 Å². The first-order chi connectivity index (χ1) is 14.5. The fourth-order valence-corrected chi connectivity index (χ4v) is 4.59. The Morgan fingerprint density at radius 3 is 2.63 bits per heavy atom. The van der Waals surface area contributed by atoms with Crippen LogP contribution in [0.15, 0.2) is 30.3 Å². The Balaban J connectivity index is 1.65. The second-order valence-electron chi connectivity index (χ2n) is 7.42. The highest BCUT2D eigenvalue weighted by molar-refractivity contribution is 6.35. The topological polar surface area (TPSA) is 33.7 Å². The Bertz CT molecular complexity index is 847. The summed E-state index contributed by atoms with van der Waals surface area (Å²) in [5.74, 6) is 1.17. The lowest BCUT2D eigenvalue weighted by Gasteiger charge is -2.23. The number of likely N-dealkylation sites (N-methyl/N-ethyl adjacent to an activating group) is 1. The standard InChI is InChI=1S/C23H29Cl3N2O2/c1-3-28-9-5-6-19(28)14-27-13-16-10-21(26)23(22(11-16)29-4-2)30-15-17-7-8-18(24)12-20(17)25/h7-8,10-12,19,27H,3-6,9,13-15H2,1-2H3. The second-order valence-corrected chi connectivity index (χ2v) is 8.67. The molecule has 1 saturated heterocycles. The molecule has 1 aliphatic rings. The number of hydrogen-bond acceptors (Lipinski definition) is 4. The first kappa shape index (κ1) is 23.5. The third-order valence-electron chi connectivity index (χ3n) is 5.37. The van der Waals surface area contributed by atoms with Crippen LogP contribution in [0.4, 0.5) is 0 Å². The Kier molecular flexibility index (Phi) is 8.97. The molecule has 0 radical (unpaired) electrons. The minimum atomic E-state index is 0.280. The van der Waals surface area contributed by atoms with Crippen LogP contribution in [0.5, 0.6) is 11.5 Å². The molecule has 30 heavy (non-hydrogen) atoms. The van der Waals surface area contributed by atoms with Crippen molar-refractivity contribution in [3.8, 4) is 11.5 Å². The molecule has 0 bridgehead atoms. The Morgan fingerprint density at radius 2 is 1.90 bits per heavy atom. The van der Waals surface area contributed by atoms with Crippen LogP contribution in [-0.2, 0) is 13.2 Å². The largest absolute Gasteiger partial charge is 0.490 e. The van der Waals surface area contributed by atoms with Gasteiger partial charge in [-0.1, -0.05) is 47.8 Å². The summed E-state index contributed by atoms with van der Waals surface area (Å²) >= 11 is 18.8. The van der Waals surface area contributed by atoms with Crippen LogP contribution < -0.4 is 14.8 Å². The normalized spacial score (nSPS) is 16.8. The highest BCUT2D eigenvalue weighted by atomic mass is 35.5. The van der Waals surface area contributed by atoms with Crippen molar-refractivity contribution in [1.82, 2.24) is 10.2 Å². The molecule has 0 amide bonds. The zero-order chi connectivity index (χ0) is 21.5. The molecule has 1 heterocycles. The molecule has 0 aromatic heterocycles. The zero-order valence-corrected chi connectivity index (χ0v) is 19.8. The van der Waals surface area contributed by atoms with Crippen LogP contribution in [0.25, 0.3) is 0 Å². The molecule has 7 heteroatoms. The maximum absolute atomic E-state index is 6.56. The van der Waals surface area contributed by atoms with Crippen molar-refractivity contribution in [2.45, 2.75) is 45.9 Å². The summed E-state index contributed by atoms with van der Waals surface area (Å²) in [5, 5.41) is 5.25. The molecule has 164 valence electrons. The van der Waals surface area contributed by atoms with Crippen LogP contribution in [0.1, 0.15) is 37.8 Å². The minimum absolute atomic E-state index is 0.280. The van der Waals surface area contributed by atoms with E-state index < -0.39 is 0 Å². The summed E-state index contributed by atoms with van der Waals surface area (Å²) in [4.78, 5) is 2.53. The molecule has 1 N–H and O–H groups in total. The van der Waals surface area contributed by atoms with Gasteiger partial charge < -0.3 is 14.8 Å². The van der Waals surface area contributed by atoms with Crippen molar-refractivity contribution >= 4 is 34.8 Å². The molecular weight excluding hydrogens is 443 g/mol. The van der Waals surface area contributed by atoms with Gasteiger partial charge in [-0.2, -0.15) is 0 Å². The number of nitrogens with zero attached hydrogens (tertiary/aromatic N) is 1. The van der Waals surface area contributed by atoms with E-state index in [-0.39, 0.29) is 6.61 Å². The van der Waals surface area contributed by atoms with E-state index in [1.54, 1.807) is 12.1 Å². The third kappa shape index (κ3) is 6.18. The predicted molar refractivity (Wildman–Crippen MR) is 125 cm³/mol. The summed E-state index contributed by atoms with van der Waals surface area (Å²) in [6.07, 6.45) is 2.54.